The molecule has 0 aromatic heterocycles. The van der Waals surface area contributed by atoms with Crippen LogP contribution in [0.25, 0.3) is 0 Å². The highest BCUT2D eigenvalue weighted by atomic mass is 16.7. The van der Waals surface area contributed by atoms with Gasteiger partial charge < -0.3 is 34.2 Å². The van der Waals surface area contributed by atoms with Crippen LogP contribution < -0.4 is 15.2 Å². The average molecular weight is 568 g/mol. The first-order valence-electron chi connectivity index (χ1n) is 13.8. The first-order valence-corrected chi connectivity index (χ1v) is 13.8. The molecule has 0 spiro atoms. The summed E-state index contributed by atoms with van der Waals surface area (Å²) >= 11 is 0. The van der Waals surface area contributed by atoms with E-state index >= 15 is 0 Å². The van der Waals surface area contributed by atoms with Crippen LogP contribution in [0, 0.1) is 5.92 Å². The van der Waals surface area contributed by atoms with E-state index in [0.29, 0.717) is 18.4 Å². The third-order valence-electron chi connectivity index (χ3n) is 5.88. The summed E-state index contributed by atoms with van der Waals surface area (Å²) in [6, 6.07) is 4.38. The Labute approximate surface area is 236 Å². The van der Waals surface area contributed by atoms with Crippen LogP contribution in [0.1, 0.15) is 85.6 Å². The molecule has 2 N–H and O–H groups in total. The summed E-state index contributed by atoms with van der Waals surface area (Å²) in [6.45, 7) is 11.1. The first kappa shape index (κ1) is 34.7. The second-order valence-corrected chi connectivity index (χ2v) is 10.3. The molecule has 11 nitrogen and oxygen atoms in total. The molecule has 1 aromatic rings. The maximum Gasteiger partial charge on any atom is 0.514 e. The van der Waals surface area contributed by atoms with Crippen molar-refractivity contribution in [2.24, 2.45) is 11.7 Å². The molecule has 0 radical (unpaired) electrons. The molecule has 40 heavy (non-hydrogen) atoms. The Hall–Kier alpha value is -3.34. The highest BCUT2D eigenvalue weighted by Gasteiger charge is 2.36. The number of rotatable bonds is 16. The van der Waals surface area contributed by atoms with Crippen molar-refractivity contribution in [1.82, 2.24) is 0 Å². The van der Waals surface area contributed by atoms with Gasteiger partial charge in [0.25, 0.3) is 0 Å². The summed E-state index contributed by atoms with van der Waals surface area (Å²) in [5.41, 5.74) is 5.33. The molecule has 11 heteroatoms. The van der Waals surface area contributed by atoms with Crippen molar-refractivity contribution in [1.29, 1.82) is 0 Å². The molecule has 3 atom stereocenters. The zero-order valence-corrected chi connectivity index (χ0v) is 24.8. The van der Waals surface area contributed by atoms with Gasteiger partial charge in [0.2, 0.25) is 0 Å². The zero-order chi connectivity index (χ0) is 30.3. The largest absolute Gasteiger partial charge is 0.514 e. The predicted molar refractivity (Wildman–Crippen MR) is 147 cm³/mol. The van der Waals surface area contributed by atoms with Gasteiger partial charge in [-0.3, -0.25) is 9.59 Å². The normalized spacial score (nSPS) is 13.9. The number of hydrogen-bond acceptors (Lipinski definition) is 11. The van der Waals surface area contributed by atoms with E-state index in [9.17, 15) is 19.2 Å². The van der Waals surface area contributed by atoms with E-state index in [-0.39, 0.29) is 55.5 Å². The topological polar surface area (TPSA) is 150 Å². The fourth-order valence-electron chi connectivity index (χ4n) is 3.88. The summed E-state index contributed by atoms with van der Waals surface area (Å²) in [6.07, 6.45) is 0.368. The van der Waals surface area contributed by atoms with Crippen LogP contribution in [-0.4, -0.2) is 55.7 Å². The molecule has 0 saturated carbocycles. The molecule has 1 rings (SSSR count). The van der Waals surface area contributed by atoms with Crippen LogP contribution in [0.4, 0.5) is 9.59 Å². The fraction of sp³-hybridized carbons (Fsp3) is 0.655. The minimum Gasteiger partial charge on any atom is -0.468 e. The Morgan fingerprint density at radius 1 is 0.875 bits per heavy atom. The summed E-state index contributed by atoms with van der Waals surface area (Å²) in [5.74, 6) is -1.19. The standard InChI is InChI=1S/C29H45NO10/c1-8-10-20(5)37-27(33)39-23-13-12-22(17-24(23)40-28(34)38-21(6)11-9-2)18-29(30,26(32)35-7)14-15-36-25(31)16-19(3)4/h12-13,17,19-21H,8-11,14-16,18,30H2,1-7H3/t20?,21?,29-/m1/s1. The zero-order valence-electron chi connectivity index (χ0n) is 24.8. The van der Waals surface area contributed by atoms with Gasteiger partial charge in [0.1, 0.15) is 17.7 Å². The molecular formula is C29H45NO10. The molecule has 0 aliphatic carbocycles. The van der Waals surface area contributed by atoms with Crippen LogP contribution in [-0.2, 0) is 35.0 Å². The van der Waals surface area contributed by atoms with E-state index in [4.69, 9.17) is 34.2 Å². The number of benzene rings is 1. The lowest BCUT2D eigenvalue weighted by atomic mass is 9.88. The number of carbonyl (C=O) groups is 4. The smallest absolute Gasteiger partial charge is 0.468 e. The van der Waals surface area contributed by atoms with E-state index in [1.807, 2.05) is 27.7 Å². The van der Waals surface area contributed by atoms with E-state index in [2.05, 4.69) is 0 Å². The van der Waals surface area contributed by atoms with Gasteiger partial charge in [-0.2, -0.15) is 0 Å². The van der Waals surface area contributed by atoms with E-state index in [1.54, 1.807) is 19.9 Å². The lowest BCUT2D eigenvalue weighted by molar-refractivity contribution is -0.151. The van der Waals surface area contributed by atoms with Crippen molar-refractivity contribution in [2.75, 3.05) is 13.7 Å². The molecule has 0 aliphatic heterocycles. The highest BCUT2D eigenvalue weighted by Crippen LogP contribution is 2.31. The Kier molecular flexibility index (Phi) is 15.1. The molecule has 226 valence electrons. The summed E-state index contributed by atoms with van der Waals surface area (Å²) in [5, 5.41) is 0. The van der Waals surface area contributed by atoms with Gasteiger partial charge in [-0.15, -0.1) is 0 Å². The molecule has 1 aromatic carbocycles. The number of hydrogen-bond donors (Lipinski definition) is 1. The summed E-state index contributed by atoms with van der Waals surface area (Å²) in [7, 11) is 1.21. The first-order chi connectivity index (χ1) is 18.8. The number of ether oxygens (including phenoxy) is 6. The van der Waals surface area contributed by atoms with Crippen LogP contribution in [0.3, 0.4) is 0 Å². The molecule has 0 aliphatic rings. The second-order valence-electron chi connectivity index (χ2n) is 10.3. The molecule has 0 saturated heterocycles. The molecule has 0 bridgehead atoms. The number of esters is 2. The average Bonchev–Trinajstić information content (AvgIpc) is 2.84. The Balaban J connectivity index is 3.19. The quantitative estimate of drug-likeness (QED) is 0.153. The van der Waals surface area contributed by atoms with E-state index < -0.39 is 29.8 Å². The number of carbonyl (C=O) groups excluding carboxylic acids is 4. The minimum absolute atomic E-state index is 0.0177. The van der Waals surface area contributed by atoms with Crippen LogP contribution >= 0.6 is 0 Å². The highest BCUT2D eigenvalue weighted by molar-refractivity contribution is 5.81. The summed E-state index contributed by atoms with van der Waals surface area (Å²) < 4.78 is 31.4. The van der Waals surface area contributed by atoms with Crippen molar-refractivity contribution in [3.05, 3.63) is 23.8 Å². The minimum atomic E-state index is -1.56. The maximum atomic E-state index is 12.6. The van der Waals surface area contributed by atoms with Crippen molar-refractivity contribution < 1.29 is 47.6 Å². The second kappa shape index (κ2) is 17.4. The summed E-state index contributed by atoms with van der Waals surface area (Å²) in [4.78, 5) is 49.4. The van der Waals surface area contributed by atoms with Gasteiger partial charge in [0.15, 0.2) is 11.5 Å². The van der Waals surface area contributed by atoms with Crippen molar-refractivity contribution in [3.8, 4) is 11.5 Å². The van der Waals surface area contributed by atoms with Gasteiger partial charge in [-0.25, -0.2) is 9.59 Å². The molecular weight excluding hydrogens is 522 g/mol. The predicted octanol–water partition coefficient (Wildman–Crippen LogP) is 5.49. The molecule has 0 heterocycles. The third kappa shape index (κ3) is 12.7. The van der Waals surface area contributed by atoms with E-state index in [1.165, 1.54) is 19.2 Å². The van der Waals surface area contributed by atoms with Gasteiger partial charge in [-0.1, -0.05) is 46.6 Å². The monoisotopic (exact) mass is 567 g/mol. The SMILES string of the molecule is CCCC(C)OC(=O)Oc1ccc(C[C@](N)(CCOC(=O)CC(C)C)C(=O)OC)cc1OC(=O)OC(C)CCC. The van der Waals surface area contributed by atoms with Crippen molar-refractivity contribution in [3.63, 3.8) is 0 Å². The number of nitrogens with two attached hydrogens (primary N) is 1. The van der Waals surface area contributed by atoms with Crippen LogP contribution in [0.15, 0.2) is 18.2 Å². The maximum absolute atomic E-state index is 12.6. The molecule has 0 fully saturated rings. The Morgan fingerprint density at radius 2 is 1.43 bits per heavy atom. The van der Waals surface area contributed by atoms with Crippen molar-refractivity contribution >= 4 is 24.2 Å². The van der Waals surface area contributed by atoms with Gasteiger partial charge >= 0.3 is 24.2 Å². The number of methoxy groups -OCH3 is 1. The Morgan fingerprint density at radius 3 is 1.93 bits per heavy atom. The van der Waals surface area contributed by atoms with Gasteiger partial charge in [0.05, 0.1) is 13.7 Å². The lowest BCUT2D eigenvalue weighted by Gasteiger charge is -2.27. The van der Waals surface area contributed by atoms with Crippen molar-refractivity contribution in [2.45, 2.75) is 104 Å². The Bertz CT molecular complexity index is 980. The van der Waals surface area contributed by atoms with E-state index in [0.717, 1.165) is 12.8 Å². The van der Waals surface area contributed by atoms with Crippen LogP contribution in [0.5, 0.6) is 11.5 Å². The molecule has 2 unspecified atom stereocenters. The third-order valence-corrected chi connectivity index (χ3v) is 5.88. The van der Waals surface area contributed by atoms with Gasteiger partial charge in [-0.05, 0) is 50.3 Å². The lowest BCUT2D eigenvalue weighted by Crippen LogP contribution is -2.51. The fourth-order valence-corrected chi connectivity index (χ4v) is 3.88. The molecule has 0 amide bonds. The van der Waals surface area contributed by atoms with Crippen LogP contribution in [0.2, 0.25) is 0 Å². The van der Waals surface area contributed by atoms with Gasteiger partial charge in [0, 0.05) is 19.3 Å².